The second-order valence-corrected chi connectivity index (χ2v) is 6.03. The van der Waals surface area contributed by atoms with Crippen LogP contribution < -0.4 is 0 Å². The van der Waals surface area contributed by atoms with Gasteiger partial charge in [-0.1, -0.05) is 24.3 Å². The van der Waals surface area contributed by atoms with Gasteiger partial charge in [-0.05, 0) is 13.0 Å². The van der Waals surface area contributed by atoms with Crippen molar-refractivity contribution in [1.82, 2.24) is 9.80 Å². The second kappa shape index (κ2) is 7.29. The summed E-state index contributed by atoms with van der Waals surface area (Å²) in [6.45, 7) is 1.45. The Morgan fingerprint density at radius 1 is 1.16 bits per heavy atom. The van der Waals surface area contributed by atoms with Gasteiger partial charge in [0.2, 0.25) is 11.8 Å². The average Bonchev–Trinajstić information content (AvgIpc) is 2.81. The quantitative estimate of drug-likeness (QED) is 0.473. The Kier molecular flexibility index (Phi) is 5.36. The Morgan fingerprint density at radius 2 is 1.72 bits per heavy atom. The topological polar surface area (TPSA) is 84.0 Å². The molecule has 3 amide bonds. The molecule has 1 heterocycles. The number of amides is 3. The van der Waals surface area contributed by atoms with E-state index in [-0.39, 0.29) is 29.8 Å². The third kappa shape index (κ3) is 4.12. The summed E-state index contributed by atoms with van der Waals surface area (Å²) >= 11 is 0. The van der Waals surface area contributed by atoms with E-state index in [2.05, 4.69) is 0 Å². The molecule has 1 aromatic carbocycles. The van der Waals surface area contributed by atoms with E-state index in [1.807, 2.05) is 0 Å². The van der Waals surface area contributed by atoms with Crippen molar-refractivity contribution in [1.29, 1.82) is 0 Å². The lowest BCUT2D eigenvalue weighted by Crippen LogP contribution is -2.25. The maximum atomic E-state index is 12.1. The molecule has 1 atom stereocenters. The van der Waals surface area contributed by atoms with Crippen LogP contribution in [0.5, 0.6) is 0 Å². The molecule has 25 heavy (non-hydrogen) atoms. The van der Waals surface area contributed by atoms with Crippen LogP contribution in [0.2, 0.25) is 0 Å². The van der Waals surface area contributed by atoms with Crippen LogP contribution in [0.25, 0.3) is 5.76 Å². The molecule has 1 saturated heterocycles. The molecule has 0 radical (unpaired) electrons. The predicted octanol–water partition coefficient (Wildman–Crippen LogP) is 1.93. The van der Waals surface area contributed by atoms with Crippen LogP contribution in [0.4, 0.5) is 4.79 Å². The summed E-state index contributed by atoms with van der Waals surface area (Å²) in [7, 11) is 4.50. The predicted molar refractivity (Wildman–Crippen MR) is 90.5 cm³/mol. The molecule has 0 bridgehead atoms. The molecule has 0 aliphatic carbocycles. The first kappa shape index (κ1) is 18.4. The number of hydrogen-bond acceptors (Lipinski definition) is 5. The molecule has 1 aliphatic rings. The van der Waals surface area contributed by atoms with Crippen molar-refractivity contribution in [2.24, 2.45) is 5.92 Å². The number of hydrogen-bond donors (Lipinski definition) is 0. The summed E-state index contributed by atoms with van der Waals surface area (Å²) < 4.78 is 5.36. The van der Waals surface area contributed by atoms with Gasteiger partial charge < -0.3 is 9.64 Å². The van der Waals surface area contributed by atoms with Crippen LogP contribution in [-0.2, 0) is 14.3 Å². The van der Waals surface area contributed by atoms with E-state index in [0.29, 0.717) is 11.1 Å². The molecule has 7 nitrogen and oxygen atoms in total. The summed E-state index contributed by atoms with van der Waals surface area (Å²) in [6, 6.07) is 6.50. The van der Waals surface area contributed by atoms with E-state index in [4.69, 9.17) is 4.74 Å². The minimum atomic E-state index is -0.685. The van der Waals surface area contributed by atoms with Crippen LogP contribution in [0, 0.1) is 5.92 Å². The average molecular weight is 344 g/mol. The number of likely N-dealkylation sites (tertiary alicyclic amines) is 1. The molecule has 7 heteroatoms. The fourth-order valence-electron chi connectivity index (χ4n) is 2.34. The number of Topliss-reactive ketones (excluding diaryl/α,β-unsaturated/α-hetero) is 1. The van der Waals surface area contributed by atoms with E-state index in [9.17, 15) is 19.2 Å². The van der Waals surface area contributed by atoms with Gasteiger partial charge in [-0.15, -0.1) is 0 Å². The summed E-state index contributed by atoms with van der Waals surface area (Å²) in [4.78, 5) is 49.4. The smallest absolute Gasteiger partial charge is 0.410 e. The third-order valence-electron chi connectivity index (χ3n) is 3.91. The monoisotopic (exact) mass is 344 g/mol. The minimum Gasteiger partial charge on any atom is -0.410 e. The first-order valence-electron chi connectivity index (χ1n) is 7.73. The van der Waals surface area contributed by atoms with Crippen LogP contribution in [0.1, 0.15) is 29.3 Å². The number of benzene rings is 1. The Labute approximate surface area is 145 Å². The molecule has 132 valence electrons. The Balaban J connectivity index is 2.37. The van der Waals surface area contributed by atoms with Crippen LogP contribution in [0.3, 0.4) is 0 Å². The SMILES string of the molecule is CC(=O)c1ccc(/C(=C/C2CC(=O)N(C)C2=O)OC(=O)N(C)C)cc1. The van der Waals surface area contributed by atoms with Gasteiger partial charge >= 0.3 is 6.09 Å². The molecule has 1 fully saturated rings. The van der Waals surface area contributed by atoms with Crippen LogP contribution in [-0.4, -0.2) is 54.6 Å². The molecular weight excluding hydrogens is 324 g/mol. The molecule has 1 aliphatic heterocycles. The maximum absolute atomic E-state index is 12.1. The largest absolute Gasteiger partial charge is 0.414 e. The van der Waals surface area contributed by atoms with Gasteiger partial charge in [-0.3, -0.25) is 19.3 Å². The van der Waals surface area contributed by atoms with Crippen molar-refractivity contribution >= 4 is 29.5 Å². The number of carbonyl (C=O) groups is 4. The second-order valence-electron chi connectivity index (χ2n) is 6.03. The highest BCUT2D eigenvalue weighted by atomic mass is 16.6. The van der Waals surface area contributed by atoms with Crippen molar-refractivity contribution in [3.63, 3.8) is 0 Å². The maximum Gasteiger partial charge on any atom is 0.414 e. The Hall–Kier alpha value is -2.96. The summed E-state index contributed by atoms with van der Waals surface area (Å²) in [5.41, 5.74) is 1.06. The highest BCUT2D eigenvalue weighted by molar-refractivity contribution is 6.04. The fourth-order valence-corrected chi connectivity index (χ4v) is 2.34. The number of carbonyl (C=O) groups excluding carboxylic acids is 4. The number of ketones is 1. The molecule has 0 aromatic heterocycles. The lowest BCUT2D eigenvalue weighted by molar-refractivity contribution is -0.137. The molecule has 0 spiro atoms. The number of rotatable bonds is 4. The fraction of sp³-hybridized carbons (Fsp3) is 0.333. The minimum absolute atomic E-state index is 0.0316. The van der Waals surface area contributed by atoms with E-state index in [1.54, 1.807) is 24.3 Å². The molecule has 0 saturated carbocycles. The van der Waals surface area contributed by atoms with Gasteiger partial charge in [0.05, 0.1) is 5.92 Å². The van der Waals surface area contributed by atoms with Crippen molar-refractivity contribution in [2.45, 2.75) is 13.3 Å². The van der Waals surface area contributed by atoms with Crippen molar-refractivity contribution < 1.29 is 23.9 Å². The number of nitrogens with zero attached hydrogens (tertiary/aromatic N) is 2. The highest BCUT2D eigenvalue weighted by Gasteiger charge is 2.35. The summed E-state index contributed by atoms with van der Waals surface area (Å²) in [5.74, 6) is -1.22. The van der Waals surface area contributed by atoms with Gasteiger partial charge in [0, 0.05) is 38.7 Å². The number of imide groups is 1. The normalized spacial score (nSPS) is 17.7. The van der Waals surface area contributed by atoms with Gasteiger partial charge in [0.15, 0.2) is 5.78 Å². The number of ether oxygens (including phenoxy) is 1. The van der Waals surface area contributed by atoms with Crippen molar-refractivity contribution in [3.8, 4) is 0 Å². The van der Waals surface area contributed by atoms with Crippen LogP contribution in [0.15, 0.2) is 30.3 Å². The lowest BCUT2D eigenvalue weighted by atomic mass is 10.0. The van der Waals surface area contributed by atoms with Crippen LogP contribution >= 0.6 is 0 Å². The van der Waals surface area contributed by atoms with E-state index in [1.165, 1.54) is 39.0 Å². The third-order valence-corrected chi connectivity index (χ3v) is 3.91. The lowest BCUT2D eigenvalue weighted by Gasteiger charge is -2.15. The first-order chi connectivity index (χ1) is 11.7. The van der Waals surface area contributed by atoms with Crippen molar-refractivity contribution in [3.05, 3.63) is 41.5 Å². The molecular formula is C18H20N2O5. The molecule has 1 aromatic rings. The summed E-state index contributed by atoms with van der Waals surface area (Å²) in [6.07, 6.45) is 0.907. The Morgan fingerprint density at radius 3 is 2.16 bits per heavy atom. The molecule has 0 N–H and O–H groups in total. The molecule has 2 rings (SSSR count). The van der Waals surface area contributed by atoms with Gasteiger partial charge in [0.25, 0.3) is 0 Å². The van der Waals surface area contributed by atoms with E-state index >= 15 is 0 Å². The van der Waals surface area contributed by atoms with E-state index < -0.39 is 12.0 Å². The van der Waals surface area contributed by atoms with Gasteiger partial charge in [-0.2, -0.15) is 0 Å². The standard InChI is InChI=1S/C18H20N2O5/c1-11(21)12-5-7-13(8-6-12)15(25-18(24)19(2)3)9-14-10-16(22)20(4)17(14)23/h5-9,14H,10H2,1-4H3/b15-9-. The zero-order valence-electron chi connectivity index (χ0n) is 14.6. The van der Waals surface area contributed by atoms with Crippen molar-refractivity contribution in [2.75, 3.05) is 21.1 Å². The summed E-state index contributed by atoms with van der Waals surface area (Å²) in [5, 5.41) is 0. The first-order valence-corrected chi connectivity index (χ1v) is 7.73. The zero-order chi connectivity index (χ0) is 18.7. The Bertz CT molecular complexity index is 749. The molecule has 1 unspecified atom stereocenters. The van der Waals surface area contributed by atoms with Gasteiger partial charge in [0.1, 0.15) is 5.76 Å². The van der Waals surface area contributed by atoms with Gasteiger partial charge in [-0.25, -0.2) is 4.79 Å². The van der Waals surface area contributed by atoms with E-state index in [0.717, 1.165) is 4.90 Å². The zero-order valence-corrected chi connectivity index (χ0v) is 14.6. The highest BCUT2D eigenvalue weighted by Crippen LogP contribution is 2.26.